The van der Waals surface area contributed by atoms with Gasteiger partial charge in [-0.2, -0.15) is 0 Å². The van der Waals surface area contributed by atoms with Gasteiger partial charge in [0.25, 0.3) is 0 Å². The molecule has 2 rings (SSSR count). The molecule has 1 fully saturated rings. The molecule has 0 N–H and O–H groups in total. The minimum atomic E-state index is 0.149. The average molecular weight is 162 g/mol. The second-order valence-electron chi connectivity index (χ2n) is 3.27. The molecule has 0 radical (unpaired) electrons. The molecule has 1 saturated carbocycles. The molecule has 1 heterocycles. The van der Waals surface area contributed by atoms with Gasteiger partial charge in [-0.25, -0.2) is 4.98 Å². The van der Waals surface area contributed by atoms with E-state index in [-0.39, 0.29) is 11.7 Å². The van der Waals surface area contributed by atoms with E-state index in [9.17, 15) is 4.79 Å². The molecular weight excluding hydrogens is 152 g/mol. The summed E-state index contributed by atoms with van der Waals surface area (Å²) < 4.78 is 0. The molecule has 62 valence electrons. The molecule has 0 bridgehead atoms. The second-order valence-corrected chi connectivity index (χ2v) is 3.27. The number of rotatable bonds is 2. The summed E-state index contributed by atoms with van der Waals surface area (Å²) in [5, 5.41) is 0. The van der Waals surface area contributed by atoms with Crippen molar-refractivity contribution in [2.75, 3.05) is 0 Å². The zero-order chi connectivity index (χ0) is 8.55. The van der Waals surface area contributed by atoms with Gasteiger partial charge in [0.15, 0.2) is 5.78 Å². The van der Waals surface area contributed by atoms with Crippen molar-refractivity contribution in [3.8, 4) is 0 Å². The number of hydrogen-bond acceptors (Lipinski definition) is 3. The minimum Gasteiger partial charge on any atom is -0.292 e. The number of hydrogen-bond donors (Lipinski definition) is 0. The summed E-state index contributed by atoms with van der Waals surface area (Å²) in [4.78, 5) is 19.3. The molecule has 0 aliphatic heterocycles. The highest BCUT2D eigenvalue weighted by Crippen LogP contribution is 2.39. The summed E-state index contributed by atoms with van der Waals surface area (Å²) in [6.45, 7) is 2.08. The van der Waals surface area contributed by atoms with Crippen molar-refractivity contribution >= 4 is 5.78 Å². The molecule has 0 spiro atoms. The van der Waals surface area contributed by atoms with Crippen molar-refractivity contribution in [1.29, 1.82) is 0 Å². The van der Waals surface area contributed by atoms with Crippen molar-refractivity contribution in [2.24, 2.45) is 11.8 Å². The number of Topliss-reactive ketones (excluding diaryl/α,β-unsaturated/α-hetero) is 1. The molecule has 1 aromatic heterocycles. The Labute approximate surface area is 70.9 Å². The number of carbonyl (C=O) groups excluding carboxylic acids is 1. The van der Waals surface area contributed by atoms with Gasteiger partial charge in [0, 0.05) is 18.3 Å². The van der Waals surface area contributed by atoms with Gasteiger partial charge < -0.3 is 0 Å². The molecular formula is C9H10N2O. The first-order valence-corrected chi connectivity index (χ1v) is 4.09. The Kier molecular flexibility index (Phi) is 1.64. The Morgan fingerprint density at radius 2 is 2.33 bits per heavy atom. The van der Waals surface area contributed by atoms with Crippen molar-refractivity contribution in [3.05, 3.63) is 24.3 Å². The zero-order valence-electron chi connectivity index (χ0n) is 6.90. The van der Waals surface area contributed by atoms with E-state index in [4.69, 9.17) is 0 Å². The van der Waals surface area contributed by atoms with Gasteiger partial charge in [-0.05, 0) is 12.3 Å². The van der Waals surface area contributed by atoms with Crippen LogP contribution in [0.3, 0.4) is 0 Å². The third kappa shape index (κ3) is 1.22. The summed E-state index contributed by atoms with van der Waals surface area (Å²) in [7, 11) is 0. The van der Waals surface area contributed by atoms with Crippen molar-refractivity contribution in [2.45, 2.75) is 13.3 Å². The fraction of sp³-hybridized carbons (Fsp3) is 0.444. The largest absolute Gasteiger partial charge is 0.292 e. The van der Waals surface area contributed by atoms with Gasteiger partial charge in [0.1, 0.15) is 5.69 Å². The van der Waals surface area contributed by atoms with Crippen LogP contribution >= 0.6 is 0 Å². The molecule has 0 saturated heterocycles. The standard InChI is InChI=1S/C9H10N2O/c1-6-4-7(6)9(12)8-5-10-2-3-11-8/h2-3,5-7H,4H2,1H3. The lowest BCUT2D eigenvalue weighted by molar-refractivity contribution is 0.0957. The fourth-order valence-corrected chi connectivity index (χ4v) is 1.30. The molecule has 3 heteroatoms. The topological polar surface area (TPSA) is 42.9 Å². The Bertz CT molecular complexity index is 297. The van der Waals surface area contributed by atoms with Crippen molar-refractivity contribution in [1.82, 2.24) is 9.97 Å². The fourth-order valence-electron chi connectivity index (χ4n) is 1.30. The van der Waals surface area contributed by atoms with Crippen LogP contribution in [-0.2, 0) is 0 Å². The van der Waals surface area contributed by atoms with Crippen LogP contribution in [0.4, 0.5) is 0 Å². The van der Waals surface area contributed by atoms with E-state index < -0.39 is 0 Å². The molecule has 1 aromatic rings. The Morgan fingerprint density at radius 3 is 2.83 bits per heavy atom. The molecule has 1 aliphatic rings. The van der Waals surface area contributed by atoms with Gasteiger partial charge >= 0.3 is 0 Å². The van der Waals surface area contributed by atoms with Crippen LogP contribution in [0.5, 0.6) is 0 Å². The Morgan fingerprint density at radius 1 is 1.58 bits per heavy atom. The first-order chi connectivity index (χ1) is 5.79. The number of ketones is 1. The lowest BCUT2D eigenvalue weighted by atomic mass is 10.2. The van der Waals surface area contributed by atoms with Crippen LogP contribution in [-0.4, -0.2) is 15.8 Å². The van der Waals surface area contributed by atoms with Gasteiger partial charge in [-0.1, -0.05) is 6.92 Å². The van der Waals surface area contributed by atoms with E-state index in [0.29, 0.717) is 11.6 Å². The summed E-state index contributed by atoms with van der Waals surface area (Å²) in [6.07, 6.45) is 5.68. The third-order valence-electron chi connectivity index (χ3n) is 2.26. The SMILES string of the molecule is CC1CC1C(=O)c1cnccn1. The zero-order valence-corrected chi connectivity index (χ0v) is 6.90. The van der Waals surface area contributed by atoms with Crippen LogP contribution in [0.25, 0.3) is 0 Å². The predicted molar refractivity (Wildman–Crippen MR) is 43.6 cm³/mol. The summed E-state index contributed by atoms with van der Waals surface area (Å²) >= 11 is 0. The van der Waals surface area contributed by atoms with Crippen LogP contribution in [0.1, 0.15) is 23.8 Å². The van der Waals surface area contributed by atoms with Gasteiger partial charge in [0.2, 0.25) is 0 Å². The monoisotopic (exact) mass is 162 g/mol. The first kappa shape index (κ1) is 7.40. The molecule has 3 nitrogen and oxygen atoms in total. The van der Waals surface area contributed by atoms with E-state index in [0.717, 1.165) is 6.42 Å². The maximum absolute atomic E-state index is 11.5. The Hall–Kier alpha value is -1.25. The van der Waals surface area contributed by atoms with Crippen molar-refractivity contribution in [3.63, 3.8) is 0 Å². The maximum atomic E-state index is 11.5. The average Bonchev–Trinajstić information content (AvgIpc) is 2.83. The highest BCUT2D eigenvalue weighted by Gasteiger charge is 2.39. The molecule has 2 unspecified atom stereocenters. The van der Waals surface area contributed by atoms with Crippen molar-refractivity contribution < 1.29 is 4.79 Å². The quantitative estimate of drug-likeness (QED) is 0.616. The maximum Gasteiger partial charge on any atom is 0.186 e. The second kappa shape index (κ2) is 2.66. The van der Waals surface area contributed by atoms with Gasteiger partial charge in [-0.15, -0.1) is 0 Å². The lowest BCUT2D eigenvalue weighted by Gasteiger charge is -1.94. The van der Waals surface area contributed by atoms with Crippen LogP contribution in [0.2, 0.25) is 0 Å². The summed E-state index contributed by atoms with van der Waals surface area (Å²) in [5.41, 5.74) is 0.506. The number of aromatic nitrogens is 2. The highest BCUT2D eigenvalue weighted by molar-refractivity contribution is 5.97. The molecule has 1 aliphatic carbocycles. The number of nitrogens with zero attached hydrogens (tertiary/aromatic N) is 2. The van der Waals surface area contributed by atoms with Crippen LogP contribution in [0, 0.1) is 11.8 Å². The third-order valence-corrected chi connectivity index (χ3v) is 2.26. The van der Waals surface area contributed by atoms with E-state index in [1.54, 1.807) is 12.4 Å². The van der Waals surface area contributed by atoms with E-state index in [1.807, 2.05) is 0 Å². The number of carbonyl (C=O) groups is 1. The Balaban J connectivity index is 2.16. The summed E-state index contributed by atoms with van der Waals surface area (Å²) in [5.74, 6) is 0.900. The molecule has 0 aromatic carbocycles. The molecule has 0 amide bonds. The molecule has 12 heavy (non-hydrogen) atoms. The lowest BCUT2D eigenvalue weighted by Crippen LogP contribution is -2.05. The van der Waals surface area contributed by atoms with E-state index >= 15 is 0 Å². The van der Waals surface area contributed by atoms with E-state index in [2.05, 4.69) is 16.9 Å². The van der Waals surface area contributed by atoms with Gasteiger partial charge in [0.05, 0.1) is 6.20 Å². The predicted octanol–water partition coefficient (Wildman–Crippen LogP) is 1.32. The first-order valence-electron chi connectivity index (χ1n) is 4.09. The summed E-state index contributed by atoms with van der Waals surface area (Å²) in [6, 6.07) is 0. The van der Waals surface area contributed by atoms with E-state index in [1.165, 1.54) is 6.20 Å². The smallest absolute Gasteiger partial charge is 0.186 e. The van der Waals surface area contributed by atoms with Gasteiger partial charge in [-0.3, -0.25) is 9.78 Å². The minimum absolute atomic E-state index is 0.149. The van der Waals surface area contributed by atoms with Crippen LogP contribution < -0.4 is 0 Å². The normalized spacial score (nSPS) is 26.8. The molecule has 2 atom stereocenters. The van der Waals surface area contributed by atoms with Crippen LogP contribution in [0.15, 0.2) is 18.6 Å². The highest BCUT2D eigenvalue weighted by atomic mass is 16.1.